The number of benzene rings is 1. The molecule has 5 heteroatoms. The Bertz CT molecular complexity index is 576. The maximum Gasteiger partial charge on any atom is 0.260 e. The summed E-state index contributed by atoms with van der Waals surface area (Å²) in [4.78, 5) is 4.53. The van der Waals surface area contributed by atoms with Gasteiger partial charge in [-0.15, -0.1) is 0 Å². The first-order valence-electron chi connectivity index (χ1n) is 6.56. The molecule has 1 aromatic carbocycles. The van der Waals surface area contributed by atoms with E-state index in [1.54, 1.807) is 0 Å². The Balaban J connectivity index is 1.90. The van der Waals surface area contributed by atoms with Gasteiger partial charge in [0.15, 0.2) is 5.82 Å². The van der Waals surface area contributed by atoms with E-state index in [0.717, 1.165) is 23.4 Å². The van der Waals surface area contributed by atoms with E-state index < -0.39 is 0 Å². The van der Waals surface area contributed by atoms with Crippen LogP contribution in [0.25, 0.3) is 11.5 Å². The molecule has 3 rings (SSSR count). The van der Waals surface area contributed by atoms with Crippen LogP contribution in [0.4, 0.5) is 5.69 Å². The topological polar surface area (TPSA) is 64.9 Å². The zero-order valence-corrected chi connectivity index (χ0v) is 11.7. The van der Waals surface area contributed by atoms with Crippen LogP contribution in [0.2, 0.25) is 0 Å². The van der Waals surface area contributed by atoms with Gasteiger partial charge in [0, 0.05) is 5.69 Å². The second-order valence-corrected chi connectivity index (χ2v) is 6.16. The van der Waals surface area contributed by atoms with Gasteiger partial charge in [-0.1, -0.05) is 23.7 Å². The van der Waals surface area contributed by atoms with Crippen molar-refractivity contribution in [3.05, 3.63) is 29.6 Å². The normalized spacial score (nSPS) is 19.5. The lowest BCUT2D eigenvalue weighted by molar-refractivity contribution is 0.420. The number of nitrogens with two attached hydrogens (primary N) is 1. The summed E-state index contributed by atoms with van der Waals surface area (Å²) >= 11 is 1.92. The second kappa shape index (κ2) is 5.25. The summed E-state index contributed by atoms with van der Waals surface area (Å²) in [7, 11) is 0. The maximum absolute atomic E-state index is 6.07. The maximum atomic E-state index is 6.07. The fourth-order valence-electron chi connectivity index (χ4n) is 2.29. The van der Waals surface area contributed by atoms with Gasteiger partial charge in [-0.05, 0) is 37.1 Å². The summed E-state index contributed by atoms with van der Waals surface area (Å²) in [6.07, 6.45) is 3.66. The smallest absolute Gasteiger partial charge is 0.260 e. The first-order valence-corrected chi connectivity index (χ1v) is 7.61. The number of rotatable bonds is 2. The van der Waals surface area contributed by atoms with Gasteiger partial charge < -0.3 is 10.3 Å². The third-order valence-electron chi connectivity index (χ3n) is 3.46. The molecule has 0 radical (unpaired) electrons. The van der Waals surface area contributed by atoms with Crippen molar-refractivity contribution in [3.8, 4) is 11.5 Å². The molecule has 0 aliphatic carbocycles. The summed E-state index contributed by atoms with van der Waals surface area (Å²) in [5, 5.41) is 4.50. The minimum atomic E-state index is 0.372. The van der Waals surface area contributed by atoms with E-state index >= 15 is 0 Å². The van der Waals surface area contributed by atoms with E-state index in [-0.39, 0.29) is 0 Å². The largest absolute Gasteiger partial charge is 0.398 e. The molecular weight excluding hydrogens is 258 g/mol. The zero-order chi connectivity index (χ0) is 13.2. The summed E-state index contributed by atoms with van der Waals surface area (Å²) < 4.78 is 5.39. The first-order chi connectivity index (χ1) is 9.25. The molecule has 4 nitrogen and oxygen atoms in total. The Labute approximate surface area is 116 Å². The molecule has 0 spiro atoms. The van der Waals surface area contributed by atoms with Crippen molar-refractivity contribution < 1.29 is 4.52 Å². The standard InChI is InChI=1S/C14H17N3OS/c1-9-5-4-6-10(12(9)15)14-16-13(17-18-14)11-7-2-3-8-19-11/h4-6,11H,2-3,7-8,15H2,1H3. The predicted molar refractivity (Wildman–Crippen MR) is 77.9 cm³/mol. The van der Waals surface area contributed by atoms with Crippen LogP contribution >= 0.6 is 11.8 Å². The summed E-state index contributed by atoms with van der Waals surface area (Å²) in [5.74, 6) is 2.52. The summed E-state index contributed by atoms with van der Waals surface area (Å²) in [6, 6.07) is 5.86. The minimum absolute atomic E-state index is 0.372. The molecule has 1 atom stereocenters. The van der Waals surface area contributed by atoms with E-state index in [2.05, 4.69) is 10.1 Å². The molecule has 0 bridgehead atoms. The Morgan fingerprint density at radius 1 is 1.37 bits per heavy atom. The van der Waals surface area contributed by atoms with Crippen LogP contribution in [0, 0.1) is 6.92 Å². The second-order valence-electron chi connectivity index (χ2n) is 4.85. The van der Waals surface area contributed by atoms with Crippen LogP contribution < -0.4 is 5.73 Å². The quantitative estimate of drug-likeness (QED) is 0.848. The number of anilines is 1. The average molecular weight is 275 g/mol. The number of nitrogen functional groups attached to an aromatic ring is 1. The van der Waals surface area contributed by atoms with E-state index in [1.165, 1.54) is 18.6 Å². The van der Waals surface area contributed by atoms with Crippen molar-refractivity contribution in [1.82, 2.24) is 10.1 Å². The van der Waals surface area contributed by atoms with Crippen LogP contribution in [0.5, 0.6) is 0 Å². The molecular formula is C14H17N3OS. The van der Waals surface area contributed by atoms with Gasteiger partial charge in [0.1, 0.15) is 0 Å². The Hall–Kier alpha value is -1.49. The number of aryl methyl sites for hydroxylation is 1. The number of thioether (sulfide) groups is 1. The highest BCUT2D eigenvalue weighted by Crippen LogP contribution is 2.38. The highest BCUT2D eigenvalue weighted by atomic mass is 32.2. The molecule has 100 valence electrons. The van der Waals surface area contributed by atoms with Gasteiger partial charge in [-0.3, -0.25) is 0 Å². The molecule has 0 saturated carbocycles. The highest BCUT2D eigenvalue weighted by molar-refractivity contribution is 7.99. The molecule has 1 aliphatic heterocycles. The van der Waals surface area contributed by atoms with E-state index in [1.807, 2.05) is 36.9 Å². The van der Waals surface area contributed by atoms with Crippen molar-refractivity contribution in [1.29, 1.82) is 0 Å². The molecule has 19 heavy (non-hydrogen) atoms. The fourth-order valence-corrected chi connectivity index (χ4v) is 3.52. The number of para-hydroxylation sites is 1. The first kappa shape index (κ1) is 12.5. The fraction of sp³-hybridized carbons (Fsp3) is 0.429. The molecule has 2 heterocycles. The van der Waals surface area contributed by atoms with Crippen molar-refractivity contribution >= 4 is 17.4 Å². The molecule has 2 N–H and O–H groups in total. The van der Waals surface area contributed by atoms with Gasteiger partial charge in [0.2, 0.25) is 0 Å². The SMILES string of the molecule is Cc1cccc(-c2nc(C3CCCCS3)no2)c1N. The van der Waals surface area contributed by atoms with Crippen LogP contribution in [-0.4, -0.2) is 15.9 Å². The third kappa shape index (κ3) is 2.47. The Kier molecular flexibility index (Phi) is 3.46. The monoisotopic (exact) mass is 275 g/mol. The Morgan fingerprint density at radius 2 is 2.26 bits per heavy atom. The lowest BCUT2D eigenvalue weighted by Crippen LogP contribution is -2.03. The molecule has 0 amide bonds. The van der Waals surface area contributed by atoms with Crippen LogP contribution in [-0.2, 0) is 0 Å². The van der Waals surface area contributed by atoms with Gasteiger partial charge in [0.25, 0.3) is 5.89 Å². The van der Waals surface area contributed by atoms with Gasteiger partial charge in [-0.2, -0.15) is 16.7 Å². The lowest BCUT2D eigenvalue weighted by Gasteiger charge is -2.17. The van der Waals surface area contributed by atoms with Gasteiger partial charge in [-0.25, -0.2) is 0 Å². The number of hydrogen-bond acceptors (Lipinski definition) is 5. The number of aromatic nitrogens is 2. The lowest BCUT2D eigenvalue weighted by atomic mass is 10.1. The van der Waals surface area contributed by atoms with Crippen molar-refractivity contribution in [3.63, 3.8) is 0 Å². The predicted octanol–water partition coefficient (Wildman–Crippen LogP) is 3.59. The molecule has 1 saturated heterocycles. The van der Waals surface area contributed by atoms with Crippen LogP contribution in [0.3, 0.4) is 0 Å². The molecule has 1 unspecified atom stereocenters. The number of hydrogen-bond donors (Lipinski definition) is 1. The zero-order valence-electron chi connectivity index (χ0n) is 10.9. The van der Waals surface area contributed by atoms with Crippen molar-refractivity contribution in [2.75, 3.05) is 11.5 Å². The van der Waals surface area contributed by atoms with Crippen LogP contribution in [0.1, 0.15) is 35.9 Å². The van der Waals surface area contributed by atoms with E-state index in [0.29, 0.717) is 16.8 Å². The van der Waals surface area contributed by atoms with Crippen LogP contribution in [0.15, 0.2) is 22.7 Å². The number of nitrogens with zero attached hydrogens (tertiary/aromatic N) is 2. The molecule has 1 aromatic heterocycles. The average Bonchev–Trinajstić information content (AvgIpc) is 2.92. The molecule has 2 aromatic rings. The van der Waals surface area contributed by atoms with Gasteiger partial charge >= 0.3 is 0 Å². The van der Waals surface area contributed by atoms with E-state index in [9.17, 15) is 0 Å². The van der Waals surface area contributed by atoms with Gasteiger partial charge in [0.05, 0.1) is 10.8 Å². The van der Waals surface area contributed by atoms with Crippen molar-refractivity contribution in [2.45, 2.75) is 31.4 Å². The highest BCUT2D eigenvalue weighted by Gasteiger charge is 2.22. The minimum Gasteiger partial charge on any atom is -0.398 e. The summed E-state index contributed by atoms with van der Waals surface area (Å²) in [5.41, 5.74) is 8.65. The van der Waals surface area contributed by atoms with Crippen molar-refractivity contribution in [2.24, 2.45) is 0 Å². The molecule has 1 aliphatic rings. The summed E-state index contributed by atoms with van der Waals surface area (Å²) in [6.45, 7) is 1.98. The Morgan fingerprint density at radius 3 is 3.05 bits per heavy atom. The van der Waals surface area contributed by atoms with E-state index in [4.69, 9.17) is 10.3 Å². The molecule has 1 fully saturated rings. The third-order valence-corrected chi connectivity index (χ3v) is 4.84.